The summed E-state index contributed by atoms with van der Waals surface area (Å²) in [5.41, 5.74) is 0.852. The Morgan fingerprint density at radius 1 is 1.42 bits per heavy atom. The first-order valence-corrected chi connectivity index (χ1v) is 7.62. The Kier molecular flexibility index (Phi) is 4.93. The molecule has 0 fully saturated rings. The fourth-order valence-corrected chi connectivity index (χ4v) is 3.09. The number of aromatic nitrogens is 2. The molecule has 1 atom stereocenters. The van der Waals surface area contributed by atoms with Crippen molar-refractivity contribution in [3.63, 3.8) is 0 Å². The minimum absolute atomic E-state index is 0.225. The Hall–Kier alpha value is -1.40. The van der Waals surface area contributed by atoms with Gasteiger partial charge < -0.3 is 4.74 Å². The summed E-state index contributed by atoms with van der Waals surface area (Å²) >= 11 is 3.01. The van der Waals surface area contributed by atoms with E-state index in [4.69, 9.17) is 4.74 Å². The predicted octanol–water partition coefficient (Wildman–Crippen LogP) is 3.25. The maximum Gasteiger partial charge on any atom is 0.319 e. The molecule has 0 saturated heterocycles. The molecule has 0 radical (unpaired) electrons. The van der Waals surface area contributed by atoms with Gasteiger partial charge in [0.1, 0.15) is 16.0 Å². The number of methoxy groups -OCH3 is 1. The van der Waals surface area contributed by atoms with Crippen LogP contribution >= 0.6 is 23.1 Å². The van der Waals surface area contributed by atoms with Crippen LogP contribution in [0.2, 0.25) is 0 Å². The molecule has 0 saturated carbocycles. The van der Waals surface area contributed by atoms with Crippen molar-refractivity contribution in [1.82, 2.24) is 10.2 Å². The molecule has 2 aromatic heterocycles. The van der Waals surface area contributed by atoms with E-state index in [0.29, 0.717) is 6.42 Å². The minimum Gasteiger partial charge on any atom is -0.468 e. The Labute approximate surface area is 120 Å². The Morgan fingerprint density at radius 3 is 2.79 bits per heavy atom. The largest absolute Gasteiger partial charge is 0.468 e. The molecular weight excluding hydrogens is 280 g/mol. The first-order chi connectivity index (χ1) is 9.24. The molecule has 0 spiro atoms. The van der Waals surface area contributed by atoms with Crippen LogP contribution in [0.4, 0.5) is 0 Å². The van der Waals surface area contributed by atoms with Gasteiger partial charge in [-0.15, -0.1) is 21.5 Å². The molecule has 0 N–H and O–H groups in total. The first kappa shape index (κ1) is 14.0. The summed E-state index contributed by atoms with van der Waals surface area (Å²) in [6.45, 7) is 1.95. The lowest BCUT2D eigenvalue weighted by molar-refractivity contribution is -0.140. The van der Waals surface area contributed by atoms with E-state index in [1.54, 1.807) is 11.3 Å². The Balaban J connectivity index is 2.08. The number of carbonyl (C=O) groups excluding carboxylic acids is 1. The molecule has 2 rings (SSSR count). The van der Waals surface area contributed by atoms with Crippen LogP contribution in [0.15, 0.2) is 34.7 Å². The van der Waals surface area contributed by atoms with Crippen LogP contribution in [0, 0.1) is 0 Å². The number of nitrogens with zero attached hydrogens (tertiary/aromatic N) is 2. The van der Waals surface area contributed by atoms with Gasteiger partial charge in [0, 0.05) is 0 Å². The highest BCUT2D eigenvalue weighted by atomic mass is 32.2. The summed E-state index contributed by atoms with van der Waals surface area (Å²) in [6.07, 6.45) is 0.700. The molecule has 0 aliphatic heterocycles. The molecule has 19 heavy (non-hydrogen) atoms. The fourth-order valence-electron chi connectivity index (χ4n) is 1.51. The number of ether oxygens (including phenoxy) is 1. The molecule has 0 aliphatic carbocycles. The maximum absolute atomic E-state index is 11.5. The lowest BCUT2D eigenvalue weighted by Gasteiger charge is -2.10. The van der Waals surface area contributed by atoms with Crippen LogP contribution in [0.5, 0.6) is 0 Å². The summed E-state index contributed by atoms with van der Waals surface area (Å²) in [6, 6.07) is 7.79. The van der Waals surface area contributed by atoms with E-state index in [-0.39, 0.29) is 11.2 Å². The number of rotatable bonds is 5. The smallest absolute Gasteiger partial charge is 0.319 e. The Bertz CT molecular complexity index is 526. The van der Waals surface area contributed by atoms with Crippen LogP contribution < -0.4 is 0 Å². The SMILES string of the molecule is CC[C@@H](Sc1ccc(-c2cccs2)nn1)C(=O)OC. The van der Waals surface area contributed by atoms with Gasteiger partial charge in [-0.25, -0.2) is 0 Å². The van der Waals surface area contributed by atoms with Crippen LogP contribution in [0.1, 0.15) is 13.3 Å². The third-order valence-electron chi connectivity index (χ3n) is 2.51. The summed E-state index contributed by atoms with van der Waals surface area (Å²) < 4.78 is 4.75. The average Bonchev–Trinajstić information content (AvgIpc) is 2.98. The van der Waals surface area contributed by atoms with E-state index in [2.05, 4.69) is 10.2 Å². The highest BCUT2D eigenvalue weighted by Crippen LogP contribution is 2.27. The molecule has 0 unspecified atom stereocenters. The number of hydrogen-bond acceptors (Lipinski definition) is 6. The van der Waals surface area contributed by atoms with E-state index in [0.717, 1.165) is 15.6 Å². The Morgan fingerprint density at radius 2 is 2.26 bits per heavy atom. The van der Waals surface area contributed by atoms with Gasteiger partial charge in [-0.05, 0) is 30.0 Å². The van der Waals surface area contributed by atoms with Crippen LogP contribution in [-0.2, 0) is 9.53 Å². The standard InChI is InChI=1S/C13H14N2O2S2/c1-3-10(13(16)17-2)19-12-7-6-9(14-15-12)11-5-4-8-18-11/h4-8,10H,3H2,1-2H3/t10-/m1/s1. The van der Waals surface area contributed by atoms with E-state index >= 15 is 0 Å². The van der Waals surface area contributed by atoms with E-state index in [1.165, 1.54) is 18.9 Å². The number of carbonyl (C=O) groups is 1. The van der Waals surface area contributed by atoms with Crippen molar-refractivity contribution in [1.29, 1.82) is 0 Å². The van der Waals surface area contributed by atoms with Crippen LogP contribution in [-0.4, -0.2) is 28.5 Å². The lowest BCUT2D eigenvalue weighted by Crippen LogP contribution is -2.17. The van der Waals surface area contributed by atoms with Crippen LogP contribution in [0.25, 0.3) is 10.6 Å². The van der Waals surface area contributed by atoms with E-state index in [1.807, 2.05) is 36.6 Å². The van der Waals surface area contributed by atoms with Gasteiger partial charge in [0.15, 0.2) is 0 Å². The number of thioether (sulfide) groups is 1. The maximum atomic E-state index is 11.5. The molecule has 2 aromatic rings. The molecule has 0 amide bonds. The lowest BCUT2D eigenvalue weighted by atomic mass is 10.3. The quantitative estimate of drug-likeness (QED) is 0.626. The molecule has 2 heterocycles. The summed E-state index contributed by atoms with van der Waals surface area (Å²) in [7, 11) is 1.40. The second-order valence-electron chi connectivity index (χ2n) is 3.77. The zero-order chi connectivity index (χ0) is 13.7. The van der Waals surface area contributed by atoms with Gasteiger partial charge in [0.2, 0.25) is 0 Å². The van der Waals surface area contributed by atoms with Crippen molar-refractivity contribution in [2.24, 2.45) is 0 Å². The van der Waals surface area contributed by atoms with Crippen molar-refractivity contribution in [3.05, 3.63) is 29.6 Å². The fraction of sp³-hybridized carbons (Fsp3) is 0.308. The summed E-state index contributed by atoms with van der Waals surface area (Å²) in [5.74, 6) is -0.225. The topological polar surface area (TPSA) is 52.1 Å². The third kappa shape index (κ3) is 3.54. The normalized spacial score (nSPS) is 12.1. The van der Waals surface area contributed by atoms with Crippen molar-refractivity contribution in [2.75, 3.05) is 7.11 Å². The molecule has 4 nitrogen and oxygen atoms in total. The molecule has 0 bridgehead atoms. The molecule has 0 aliphatic rings. The van der Waals surface area contributed by atoms with Crippen molar-refractivity contribution >= 4 is 29.1 Å². The number of thiophene rings is 1. The second kappa shape index (κ2) is 6.68. The van der Waals surface area contributed by atoms with Gasteiger partial charge in [0.05, 0.1) is 12.0 Å². The van der Waals surface area contributed by atoms with Crippen molar-refractivity contribution in [2.45, 2.75) is 23.6 Å². The van der Waals surface area contributed by atoms with Gasteiger partial charge in [-0.2, -0.15) is 0 Å². The second-order valence-corrected chi connectivity index (χ2v) is 5.94. The monoisotopic (exact) mass is 294 g/mol. The molecular formula is C13H14N2O2S2. The van der Waals surface area contributed by atoms with Gasteiger partial charge >= 0.3 is 5.97 Å². The van der Waals surface area contributed by atoms with Crippen LogP contribution in [0.3, 0.4) is 0 Å². The highest BCUT2D eigenvalue weighted by molar-refractivity contribution is 8.00. The summed E-state index contributed by atoms with van der Waals surface area (Å²) in [4.78, 5) is 12.6. The van der Waals surface area contributed by atoms with Gasteiger partial charge in [-0.1, -0.05) is 24.8 Å². The average molecular weight is 294 g/mol. The number of hydrogen-bond donors (Lipinski definition) is 0. The molecule has 0 aromatic carbocycles. The zero-order valence-electron chi connectivity index (χ0n) is 10.7. The molecule has 6 heteroatoms. The molecule has 100 valence electrons. The first-order valence-electron chi connectivity index (χ1n) is 5.86. The number of esters is 1. The van der Waals surface area contributed by atoms with Crippen molar-refractivity contribution < 1.29 is 9.53 Å². The minimum atomic E-state index is -0.230. The third-order valence-corrected chi connectivity index (χ3v) is 4.67. The zero-order valence-corrected chi connectivity index (χ0v) is 12.3. The van der Waals surface area contributed by atoms with E-state index < -0.39 is 0 Å². The van der Waals surface area contributed by atoms with E-state index in [9.17, 15) is 4.79 Å². The highest BCUT2D eigenvalue weighted by Gasteiger charge is 2.19. The predicted molar refractivity (Wildman–Crippen MR) is 77.3 cm³/mol. The summed E-state index contributed by atoms with van der Waals surface area (Å²) in [5, 5.41) is 10.8. The van der Waals surface area contributed by atoms with Gasteiger partial charge in [0.25, 0.3) is 0 Å². The van der Waals surface area contributed by atoms with Gasteiger partial charge in [-0.3, -0.25) is 4.79 Å². The van der Waals surface area contributed by atoms with Crippen molar-refractivity contribution in [3.8, 4) is 10.6 Å².